The molecule has 7 heteroatoms. The third-order valence-corrected chi connectivity index (χ3v) is 4.52. The van der Waals surface area contributed by atoms with Crippen LogP contribution in [-0.2, 0) is 16.0 Å². The van der Waals surface area contributed by atoms with Crippen LogP contribution in [0, 0.1) is 5.92 Å². The third-order valence-electron chi connectivity index (χ3n) is 4.29. The molecule has 0 saturated heterocycles. The number of amides is 2. The maximum atomic E-state index is 12.4. The van der Waals surface area contributed by atoms with Gasteiger partial charge in [-0.05, 0) is 48.4 Å². The van der Waals surface area contributed by atoms with Crippen LogP contribution in [0.2, 0.25) is 5.02 Å². The molecule has 1 heterocycles. The van der Waals surface area contributed by atoms with E-state index in [0.29, 0.717) is 42.5 Å². The summed E-state index contributed by atoms with van der Waals surface area (Å²) in [5.41, 5.74) is 2.01. The van der Waals surface area contributed by atoms with Gasteiger partial charge in [-0.1, -0.05) is 17.7 Å². The maximum absolute atomic E-state index is 12.4. The summed E-state index contributed by atoms with van der Waals surface area (Å²) >= 11 is 5.94. The van der Waals surface area contributed by atoms with Gasteiger partial charge in [0.25, 0.3) is 5.91 Å². The number of benzene rings is 2. The van der Waals surface area contributed by atoms with Crippen molar-refractivity contribution < 1.29 is 19.1 Å². The monoisotopic (exact) mass is 388 g/mol. The lowest BCUT2D eigenvalue weighted by Crippen LogP contribution is -2.38. The molecule has 1 aliphatic heterocycles. The Bertz CT molecular complexity index is 840. The summed E-state index contributed by atoms with van der Waals surface area (Å²) in [6.45, 7) is 1.27. The molecular weight excluding hydrogens is 368 g/mol. The topological polar surface area (TPSA) is 76.7 Å². The second kappa shape index (κ2) is 8.88. The molecule has 6 nitrogen and oxygen atoms in total. The van der Waals surface area contributed by atoms with Gasteiger partial charge in [0.05, 0.1) is 12.5 Å². The van der Waals surface area contributed by atoms with E-state index in [1.165, 1.54) is 0 Å². The number of nitrogens with one attached hydrogen (secondary N) is 2. The van der Waals surface area contributed by atoms with Crippen molar-refractivity contribution >= 4 is 29.1 Å². The fourth-order valence-electron chi connectivity index (χ4n) is 2.89. The Hall–Kier alpha value is -2.57. The molecule has 0 unspecified atom stereocenters. The first kappa shape index (κ1) is 19.2. The molecule has 0 aliphatic carbocycles. The van der Waals surface area contributed by atoms with Gasteiger partial charge in [-0.2, -0.15) is 0 Å². The molecule has 2 N–H and O–H groups in total. The van der Waals surface area contributed by atoms with Crippen LogP contribution in [0.5, 0.6) is 5.75 Å². The first-order valence-electron chi connectivity index (χ1n) is 8.66. The Labute approximate surface area is 162 Å². The van der Waals surface area contributed by atoms with Gasteiger partial charge in [-0.15, -0.1) is 0 Å². The lowest BCUT2D eigenvalue weighted by molar-refractivity contribution is -0.126. The van der Waals surface area contributed by atoms with Crippen LogP contribution in [0.25, 0.3) is 0 Å². The summed E-state index contributed by atoms with van der Waals surface area (Å²) in [6, 6.07) is 12.2. The van der Waals surface area contributed by atoms with Gasteiger partial charge in [0.1, 0.15) is 12.4 Å². The SMILES string of the molecule is COCCNC(=O)[C@H]1COc2ccc(NC(=O)c3cccc(Cl)c3)cc2C1. The minimum absolute atomic E-state index is 0.0638. The van der Waals surface area contributed by atoms with E-state index in [4.69, 9.17) is 21.1 Å². The van der Waals surface area contributed by atoms with E-state index in [-0.39, 0.29) is 17.7 Å². The van der Waals surface area contributed by atoms with Crippen LogP contribution in [0.1, 0.15) is 15.9 Å². The van der Waals surface area contributed by atoms with Gasteiger partial charge in [0.15, 0.2) is 0 Å². The van der Waals surface area contributed by atoms with Crippen LogP contribution in [0.15, 0.2) is 42.5 Å². The summed E-state index contributed by atoms with van der Waals surface area (Å²) in [5.74, 6) is 0.152. The standard InChI is InChI=1S/C20H21ClN2O4/c1-26-8-7-22-19(24)15-9-14-11-17(5-6-18(14)27-12-15)23-20(25)13-3-2-4-16(21)10-13/h2-6,10-11,15H,7-9,12H2,1H3,(H,22,24)(H,23,25)/t15-/m1/s1. The number of carbonyl (C=O) groups is 2. The zero-order valence-corrected chi connectivity index (χ0v) is 15.7. The molecule has 0 saturated carbocycles. The molecule has 0 radical (unpaired) electrons. The maximum Gasteiger partial charge on any atom is 0.255 e. The lowest BCUT2D eigenvalue weighted by atomic mass is 9.95. The Morgan fingerprint density at radius 3 is 2.89 bits per heavy atom. The highest BCUT2D eigenvalue weighted by molar-refractivity contribution is 6.31. The summed E-state index contributed by atoms with van der Waals surface area (Å²) < 4.78 is 10.6. The Morgan fingerprint density at radius 1 is 1.26 bits per heavy atom. The Balaban J connectivity index is 1.66. The second-order valence-corrected chi connectivity index (χ2v) is 6.72. The van der Waals surface area contributed by atoms with E-state index >= 15 is 0 Å². The molecule has 142 valence electrons. The van der Waals surface area contributed by atoms with E-state index in [1.807, 2.05) is 12.1 Å². The van der Waals surface area contributed by atoms with E-state index in [1.54, 1.807) is 37.4 Å². The van der Waals surface area contributed by atoms with E-state index in [0.717, 1.165) is 11.3 Å². The van der Waals surface area contributed by atoms with Crippen LogP contribution in [0.3, 0.4) is 0 Å². The normalized spacial score (nSPS) is 15.4. The number of methoxy groups -OCH3 is 1. The predicted octanol–water partition coefficient (Wildman–Crippen LogP) is 2.91. The first-order valence-corrected chi connectivity index (χ1v) is 9.04. The number of hydrogen-bond donors (Lipinski definition) is 2. The average Bonchev–Trinajstić information content (AvgIpc) is 2.67. The Kier molecular flexibility index (Phi) is 6.32. The van der Waals surface area contributed by atoms with Gasteiger partial charge >= 0.3 is 0 Å². The van der Waals surface area contributed by atoms with Gasteiger partial charge < -0.3 is 20.1 Å². The number of rotatable bonds is 6. The molecule has 27 heavy (non-hydrogen) atoms. The smallest absolute Gasteiger partial charge is 0.255 e. The number of carbonyl (C=O) groups excluding carboxylic acids is 2. The van der Waals surface area contributed by atoms with Crippen molar-refractivity contribution in [2.75, 3.05) is 32.2 Å². The first-order chi connectivity index (χ1) is 13.1. The molecular formula is C20H21ClN2O4. The van der Waals surface area contributed by atoms with Crippen molar-refractivity contribution in [2.45, 2.75) is 6.42 Å². The zero-order valence-electron chi connectivity index (χ0n) is 15.0. The molecule has 2 aromatic carbocycles. The highest BCUT2D eigenvalue weighted by Crippen LogP contribution is 2.30. The molecule has 3 rings (SSSR count). The quantitative estimate of drug-likeness (QED) is 0.746. The second-order valence-electron chi connectivity index (χ2n) is 6.28. The van der Waals surface area contributed by atoms with Gasteiger partial charge in [0, 0.05) is 29.9 Å². The van der Waals surface area contributed by atoms with Crippen molar-refractivity contribution in [1.29, 1.82) is 0 Å². The highest BCUT2D eigenvalue weighted by atomic mass is 35.5. The van der Waals surface area contributed by atoms with E-state index in [2.05, 4.69) is 10.6 Å². The summed E-state index contributed by atoms with van der Waals surface area (Å²) in [5, 5.41) is 6.19. The predicted molar refractivity (Wildman–Crippen MR) is 103 cm³/mol. The summed E-state index contributed by atoms with van der Waals surface area (Å²) in [7, 11) is 1.59. The van der Waals surface area contributed by atoms with Crippen molar-refractivity contribution in [3.63, 3.8) is 0 Å². The van der Waals surface area contributed by atoms with Gasteiger partial charge in [0.2, 0.25) is 5.91 Å². The fraction of sp³-hybridized carbons (Fsp3) is 0.300. The minimum atomic E-state index is -0.270. The summed E-state index contributed by atoms with van der Waals surface area (Å²) in [6.07, 6.45) is 0.551. The summed E-state index contributed by atoms with van der Waals surface area (Å²) in [4.78, 5) is 24.6. The fourth-order valence-corrected chi connectivity index (χ4v) is 3.08. The lowest BCUT2D eigenvalue weighted by Gasteiger charge is -2.25. The van der Waals surface area contributed by atoms with Crippen LogP contribution >= 0.6 is 11.6 Å². The molecule has 0 bridgehead atoms. The number of fused-ring (bicyclic) bond motifs is 1. The Morgan fingerprint density at radius 2 is 2.11 bits per heavy atom. The van der Waals surface area contributed by atoms with Crippen LogP contribution in [0.4, 0.5) is 5.69 Å². The zero-order chi connectivity index (χ0) is 19.2. The van der Waals surface area contributed by atoms with Crippen LogP contribution in [-0.4, -0.2) is 38.7 Å². The molecule has 0 fully saturated rings. The third kappa shape index (κ3) is 4.99. The highest BCUT2D eigenvalue weighted by Gasteiger charge is 2.26. The number of ether oxygens (including phenoxy) is 2. The van der Waals surface area contributed by atoms with Crippen molar-refractivity contribution in [3.05, 3.63) is 58.6 Å². The van der Waals surface area contributed by atoms with E-state index < -0.39 is 0 Å². The number of halogens is 1. The molecule has 2 amide bonds. The largest absolute Gasteiger partial charge is 0.492 e. The molecule has 2 aromatic rings. The minimum Gasteiger partial charge on any atom is -0.492 e. The van der Waals surface area contributed by atoms with Crippen molar-refractivity contribution in [3.8, 4) is 5.75 Å². The average molecular weight is 389 g/mol. The number of hydrogen-bond acceptors (Lipinski definition) is 4. The number of anilines is 1. The molecule has 1 atom stereocenters. The molecule has 0 spiro atoms. The van der Waals surface area contributed by atoms with Crippen LogP contribution < -0.4 is 15.4 Å². The molecule has 1 aliphatic rings. The van der Waals surface area contributed by atoms with Crippen molar-refractivity contribution in [2.24, 2.45) is 5.92 Å². The van der Waals surface area contributed by atoms with Gasteiger partial charge in [-0.3, -0.25) is 9.59 Å². The molecule has 0 aromatic heterocycles. The van der Waals surface area contributed by atoms with Crippen molar-refractivity contribution in [1.82, 2.24) is 5.32 Å². The van der Waals surface area contributed by atoms with Gasteiger partial charge in [-0.25, -0.2) is 0 Å². The van der Waals surface area contributed by atoms with E-state index in [9.17, 15) is 9.59 Å².